The lowest BCUT2D eigenvalue weighted by molar-refractivity contribution is 0.173. The zero-order chi connectivity index (χ0) is 13.5. The molecule has 1 aromatic rings. The molecule has 0 saturated heterocycles. The fourth-order valence-corrected chi connectivity index (χ4v) is 3.32. The van der Waals surface area contributed by atoms with Gasteiger partial charge in [-0.15, -0.1) is 0 Å². The van der Waals surface area contributed by atoms with Gasteiger partial charge in [-0.1, -0.05) is 33.1 Å². The summed E-state index contributed by atoms with van der Waals surface area (Å²) in [4.78, 5) is 0. The van der Waals surface area contributed by atoms with Gasteiger partial charge in [-0.05, 0) is 42.0 Å². The Bertz CT molecular complexity index is 476. The first-order valence-corrected chi connectivity index (χ1v) is 7.33. The highest BCUT2D eigenvalue weighted by molar-refractivity contribution is 5.52. The lowest BCUT2D eigenvalue weighted by Gasteiger charge is -2.36. The molecule has 104 valence electrons. The summed E-state index contributed by atoms with van der Waals surface area (Å²) in [6, 6.07) is 4.26. The maximum absolute atomic E-state index is 6.72. The first kappa shape index (κ1) is 12.8. The van der Waals surface area contributed by atoms with Crippen LogP contribution < -0.4 is 15.2 Å². The van der Waals surface area contributed by atoms with Crippen molar-refractivity contribution in [1.82, 2.24) is 0 Å². The largest absolute Gasteiger partial charge is 0.454 e. The van der Waals surface area contributed by atoms with Crippen molar-refractivity contribution in [3.8, 4) is 11.5 Å². The number of benzene rings is 1. The fourth-order valence-electron chi connectivity index (χ4n) is 3.32. The van der Waals surface area contributed by atoms with Crippen molar-refractivity contribution in [2.45, 2.75) is 57.4 Å². The zero-order valence-corrected chi connectivity index (χ0v) is 11.9. The highest BCUT2D eigenvalue weighted by atomic mass is 16.7. The number of fused-ring (bicyclic) bond motifs is 1. The molecule has 19 heavy (non-hydrogen) atoms. The SMILES string of the molecule is CC(C)c1cc2c(cc1C1(N)CCCCC1)OCO2. The van der Waals surface area contributed by atoms with Crippen LogP contribution in [0.5, 0.6) is 11.5 Å². The molecule has 0 spiro atoms. The van der Waals surface area contributed by atoms with Crippen molar-refractivity contribution >= 4 is 0 Å². The number of hydrogen-bond acceptors (Lipinski definition) is 3. The van der Waals surface area contributed by atoms with Crippen LogP contribution in [0.3, 0.4) is 0 Å². The van der Waals surface area contributed by atoms with E-state index in [0.29, 0.717) is 12.7 Å². The van der Waals surface area contributed by atoms with Gasteiger partial charge in [0.25, 0.3) is 0 Å². The Morgan fingerprint density at radius 2 is 1.68 bits per heavy atom. The first-order valence-electron chi connectivity index (χ1n) is 7.33. The molecule has 0 atom stereocenters. The summed E-state index contributed by atoms with van der Waals surface area (Å²) >= 11 is 0. The fraction of sp³-hybridized carbons (Fsp3) is 0.625. The van der Waals surface area contributed by atoms with E-state index in [1.165, 1.54) is 30.4 Å². The summed E-state index contributed by atoms with van der Waals surface area (Å²) < 4.78 is 11.0. The van der Waals surface area contributed by atoms with Crippen molar-refractivity contribution in [2.75, 3.05) is 6.79 Å². The van der Waals surface area contributed by atoms with E-state index in [9.17, 15) is 0 Å². The predicted molar refractivity (Wildman–Crippen MR) is 75.6 cm³/mol. The number of hydrogen-bond donors (Lipinski definition) is 1. The second-order valence-corrected chi connectivity index (χ2v) is 6.16. The van der Waals surface area contributed by atoms with Gasteiger partial charge < -0.3 is 15.2 Å². The zero-order valence-electron chi connectivity index (χ0n) is 11.9. The van der Waals surface area contributed by atoms with Gasteiger partial charge >= 0.3 is 0 Å². The second-order valence-electron chi connectivity index (χ2n) is 6.16. The summed E-state index contributed by atoms with van der Waals surface area (Å²) in [5.74, 6) is 2.17. The van der Waals surface area contributed by atoms with Crippen LogP contribution in [-0.2, 0) is 5.54 Å². The molecule has 0 radical (unpaired) electrons. The minimum absolute atomic E-state index is 0.182. The van der Waals surface area contributed by atoms with Crippen molar-refractivity contribution in [3.63, 3.8) is 0 Å². The van der Waals surface area contributed by atoms with Gasteiger partial charge in [0.15, 0.2) is 11.5 Å². The van der Waals surface area contributed by atoms with Gasteiger partial charge in [0.05, 0.1) is 0 Å². The smallest absolute Gasteiger partial charge is 0.231 e. The topological polar surface area (TPSA) is 44.5 Å². The van der Waals surface area contributed by atoms with E-state index in [2.05, 4.69) is 26.0 Å². The minimum atomic E-state index is -0.182. The summed E-state index contributed by atoms with van der Waals surface area (Å²) in [5.41, 5.74) is 9.12. The molecule has 0 unspecified atom stereocenters. The lowest BCUT2D eigenvalue weighted by Crippen LogP contribution is -2.39. The van der Waals surface area contributed by atoms with E-state index in [1.807, 2.05) is 0 Å². The van der Waals surface area contributed by atoms with Gasteiger partial charge in [0.1, 0.15) is 0 Å². The average Bonchev–Trinajstić information content (AvgIpc) is 2.85. The Balaban J connectivity index is 2.08. The van der Waals surface area contributed by atoms with Crippen LogP contribution in [0.25, 0.3) is 0 Å². The molecule has 3 heteroatoms. The third-order valence-corrected chi connectivity index (χ3v) is 4.45. The van der Waals surface area contributed by atoms with E-state index in [0.717, 1.165) is 24.3 Å². The summed E-state index contributed by atoms with van der Waals surface area (Å²) in [6.07, 6.45) is 5.91. The molecule has 1 aliphatic heterocycles. The molecule has 1 saturated carbocycles. The Kier molecular flexibility index (Phi) is 3.17. The van der Waals surface area contributed by atoms with E-state index in [-0.39, 0.29) is 5.54 Å². The molecule has 1 aliphatic carbocycles. The molecule has 0 bridgehead atoms. The van der Waals surface area contributed by atoms with Crippen LogP contribution in [-0.4, -0.2) is 6.79 Å². The highest BCUT2D eigenvalue weighted by Crippen LogP contribution is 2.44. The van der Waals surface area contributed by atoms with Crippen LogP contribution in [0.4, 0.5) is 0 Å². The van der Waals surface area contributed by atoms with E-state index >= 15 is 0 Å². The van der Waals surface area contributed by atoms with Gasteiger partial charge in [0, 0.05) is 5.54 Å². The van der Waals surface area contributed by atoms with Crippen molar-refractivity contribution in [1.29, 1.82) is 0 Å². The molecular weight excluding hydrogens is 238 g/mol. The first-order chi connectivity index (χ1) is 9.10. The predicted octanol–water partition coefficient (Wildman–Crippen LogP) is 3.66. The molecule has 0 aromatic heterocycles. The van der Waals surface area contributed by atoms with Crippen LogP contribution >= 0.6 is 0 Å². The van der Waals surface area contributed by atoms with Gasteiger partial charge in [-0.3, -0.25) is 0 Å². The molecule has 1 heterocycles. The van der Waals surface area contributed by atoms with Gasteiger partial charge in [0.2, 0.25) is 6.79 Å². The Morgan fingerprint density at radius 3 is 2.32 bits per heavy atom. The molecule has 1 fully saturated rings. The maximum Gasteiger partial charge on any atom is 0.231 e. The van der Waals surface area contributed by atoms with Crippen molar-refractivity contribution in [3.05, 3.63) is 23.3 Å². The number of rotatable bonds is 2. The van der Waals surface area contributed by atoms with E-state index < -0.39 is 0 Å². The normalized spacial score (nSPS) is 20.8. The third-order valence-electron chi connectivity index (χ3n) is 4.45. The summed E-state index contributed by atoms with van der Waals surface area (Å²) in [7, 11) is 0. The van der Waals surface area contributed by atoms with E-state index in [1.54, 1.807) is 0 Å². The van der Waals surface area contributed by atoms with Crippen LogP contribution in [0, 0.1) is 0 Å². The Hall–Kier alpha value is -1.22. The molecule has 2 aliphatic rings. The van der Waals surface area contributed by atoms with E-state index in [4.69, 9.17) is 15.2 Å². The molecule has 3 nitrogen and oxygen atoms in total. The lowest BCUT2D eigenvalue weighted by atomic mass is 9.74. The quantitative estimate of drug-likeness (QED) is 0.883. The molecule has 3 rings (SSSR count). The average molecular weight is 261 g/mol. The summed E-state index contributed by atoms with van der Waals surface area (Å²) in [5, 5.41) is 0. The van der Waals surface area contributed by atoms with Crippen LogP contribution in [0.2, 0.25) is 0 Å². The third kappa shape index (κ3) is 2.20. The van der Waals surface area contributed by atoms with Gasteiger partial charge in [-0.2, -0.15) is 0 Å². The molecule has 0 amide bonds. The molecule has 1 aromatic carbocycles. The van der Waals surface area contributed by atoms with Gasteiger partial charge in [-0.25, -0.2) is 0 Å². The summed E-state index contributed by atoms with van der Waals surface area (Å²) in [6.45, 7) is 4.76. The molecule has 2 N–H and O–H groups in total. The number of nitrogens with two attached hydrogens (primary N) is 1. The van der Waals surface area contributed by atoms with Crippen LogP contribution in [0.15, 0.2) is 12.1 Å². The van der Waals surface area contributed by atoms with Crippen molar-refractivity contribution < 1.29 is 9.47 Å². The van der Waals surface area contributed by atoms with Crippen LogP contribution in [0.1, 0.15) is 63.0 Å². The monoisotopic (exact) mass is 261 g/mol. The molecular formula is C16H23NO2. The number of ether oxygens (including phenoxy) is 2. The Morgan fingerprint density at radius 1 is 1.05 bits per heavy atom. The van der Waals surface area contributed by atoms with Crippen molar-refractivity contribution in [2.24, 2.45) is 5.73 Å². The minimum Gasteiger partial charge on any atom is -0.454 e. The Labute approximate surface area is 115 Å². The standard InChI is InChI=1S/C16H23NO2/c1-11(2)12-8-14-15(19-10-18-14)9-13(12)16(17)6-4-3-5-7-16/h8-9,11H,3-7,10,17H2,1-2H3. The maximum atomic E-state index is 6.72. The second kappa shape index (κ2) is 4.71. The highest BCUT2D eigenvalue weighted by Gasteiger charge is 2.33.